The molecule has 58 valence electrons. The largest absolute Gasteiger partial charge is 0.496 e. The average molecular weight is 152 g/mol. The van der Waals surface area contributed by atoms with Crippen LogP contribution in [0, 0.1) is 0 Å². The minimum Gasteiger partial charge on any atom is -0.496 e. The summed E-state index contributed by atoms with van der Waals surface area (Å²) < 4.78 is 4.81. The Morgan fingerprint density at radius 1 is 1.27 bits per heavy atom. The van der Waals surface area contributed by atoms with Crippen molar-refractivity contribution in [2.24, 2.45) is 0 Å². The van der Waals surface area contributed by atoms with Crippen molar-refractivity contribution in [2.75, 3.05) is 7.11 Å². The van der Waals surface area contributed by atoms with Crippen LogP contribution in [0.5, 0.6) is 0 Å². The normalized spacial score (nSPS) is 18.2. The molecule has 0 radical (unpaired) electrons. The highest BCUT2D eigenvalue weighted by molar-refractivity contribution is 6.52. The topological polar surface area (TPSA) is 43.4 Å². The van der Waals surface area contributed by atoms with Crippen LogP contribution in [0.25, 0.3) is 0 Å². The molecule has 0 spiro atoms. The molecule has 0 saturated carbocycles. The van der Waals surface area contributed by atoms with Crippen molar-refractivity contribution in [3.05, 3.63) is 23.5 Å². The fourth-order valence-electron chi connectivity index (χ4n) is 1.02. The van der Waals surface area contributed by atoms with Gasteiger partial charge in [0.2, 0.25) is 11.6 Å². The van der Waals surface area contributed by atoms with Gasteiger partial charge in [0.05, 0.1) is 12.7 Å². The first-order chi connectivity index (χ1) is 5.09. The molecule has 1 rings (SSSR count). The molecule has 0 atom stereocenters. The van der Waals surface area contributed by atoms with Gasteiger partial charge in [0, 0.05) is 5.57 Å². The van der Waals surface area contributed by atoms with Crippen molar-refractivity contribution < 1.29 is 14.3 Å². The zero-order valence-electron chi connectivity index (χ0n) is 6.43. The molecule has 1 aliphatic rings. The van der Waals surface area contributed by atoms with Crippen molar-refractivity contribution in [3.8, 4) is 0 Å². The summed E-state index contributed by atoms with van der Waals surface area (Å²) in [4.78, 5) is 21.9. The third kappa shape index (κ3) is 0.888. The van der Waals surface area contributed by atoms with E-state index in [4.69, 9.17) is 4.74 Å². The highest BCUT2D eigenvalue weighted by atomic mass is 16.5. The Hall–Kier alpha value is -1.38. The second-order valence-corrected chi connectivity index (χ2v) is 2.30. The van der Waals surface area contributed by atoms with Gasteiger partial charge in [-0.2, -0.15) is 0 Å². The first-order valence-corrected chi connectivity index (χ1v) is 3.12. The van der Waals surface area contributed by atoms with E-state index in [1.54, 1.807) is 6.92 Å². The number of hydrogen-bond acceptors (Lipinski definition) is 3. The van der Waals surface area contributed by atoms with E-state index in [1.807, 2.05) is 0 Å². The average Bonchev–Trinajstić information content (AvgIpc) is 2.17. The van der Waals surface area contributed by atoms with Crippen molar-refractivity contribution >= 4 is 11.6 Å². The van der Waals surface area contributed by atoms with Crippen molar-refractivity contribution in [1.29, 1.82) is 0 Å². The SMILES string of the molecule is C=C1C(=O)C(=O)C(C)=C1OC. The van der Waals surface area contributed by atoms with Gasteiger partial charge in [-0.1, -0.05) is 6.58 Å². The van der Waals surface area contributed by atoms with Crippen LogP contribution in [-0.4, -0.2) is 18.7 Å². The maximum Gasteiger partial charge on any atom is 0.236 e. The molecule has 0 unspecified atom stereocenters. The van der Waals surface area contributed by atoms with Crippen LogP contribution in [0.3, 0.4) is 0 Å². The molecule has 0 fully saturated rings. The van der Waals surface area contributed by atoms with Crippen LogP contribution in [-0.2, 0) is 14.3 Å². The second-order valence-electron chi connectivity index (χ2n) is 2.30. The first-order valence-electron chi connectivity index (χ1n) is 3.12. The fourth-order valence-corrected chi connectivity index (χ4v) is 1.02. The quantitative estimate of drug-likeness (QED) is 0.408. The van der Waals surface area contributed by atoms with Gasteiger partial charge in [-0.25, -0.2) is 0 Å². The van der Waals surface area contributed by atoms with Gasteiger partial charge < -0.3 is 4.74 Å². The van der Waals surface area contributed by atoms with Crippen LogP contribution < -0.4 is 0 Å². The number of rotatable bonds is 1. The number of carbonyl (C=O) groups excluding carboxylic acids is 2. The number of Topliss-reactive ketones (excluding diaryl/α,β-unsaturated/α-hetero) is 2. The highest BCUT2D eigenvalue weighted by Crippen LogP contribution is 2.24. The monoisotopic (exact) mass is 152 g/mol. The predicted octanol–water partition coefficient (Wildman–Crippen LogP) is 0.615. The molecule has 0 aromatic heterocycles. The lowest BCUT2D eigenvalue weighted by Gasteiger charge is -1.98. The molecule has 0 N–H and O–H groups in total. The molecule has 1 aliphatic carbocycles. The van der Waals surface area contributed by atoms with Crippen LogP contribution >= 0.6 is 0 Å². The zero-order chi connectivity index (χ0) is 8.59. The molecule has 0 heterocycles. The van der Waals surface area contributed by atoms with Crippen molar-refractivity contribution in [3.63, 3.8) is 0 Å². The summed E-state index contributed by atoms with van der Waals surface area (Å²) in [5.41, 5.74) is 0.512. The third-order valence-corrected chi connectivity index (χ3v) is 1.64. The summed E-state index contributed by atoms with van der Waals surface area (Å²) in [5.74, 6) is -0.744. The van der Waals surface area contributed by atoms with Gasteiger partial charge in [0.25, 0.3) is 0 Å². The van der Waals surface area contributed by atoms with E-state index in [9.17, 15) is 9.59 Å². The lowest BCUT2D eigenvalue weighted by Crippen LogP contribution is -2.07. The Morgan fingerprint density at radius 3 is 2.00 bits per heavy atom. The minimum absolute atomic E-state index is 0.162. The maximum atomic E-state index is 10.9. The molecule has 3 heteroatoms. The summed E-state index contributed by atoms with van der Waals surface area (Å²) >= 11 is 0. The van der Waals surface area contributed by atoms with Gasteiger partial charge in [-0.05, 0) is 6.92 Å². The fraction of sp³-hybridized carbons (Fsp3) is 0.250. The molecule has 0 aromatic carbocycles. The lowest BCUT2D eigenvalue weighted by molar-refractivity contribution is -0.131. The maximum absolute atomic E-state index is 10.9. The zero-order valence-corrected chi connectivity index (χ0v) is 6.43. The molecule has 3 nitrogen and oxygen atoms in total. The van der Waals surface area contributed by atoms with E-state index in [-0.39, 0.29) is 5.57 Å². The van der Waals surface area contributed by atoms with Crippen LogP contribution in [0.2, 0.25) is 0 Å². The van der Waals surface area contributed by atoms with Crippen molar-refractivity contribution in [2.45, 2.75) is 6.92 Å². The molecular weight excluding hydrogens is 144 g/mol. The first kappa shape index (κ1) is 7.72. The van der Waals surface area contributed by atoms with Gasteiger partial charge in [-0.3, -0.25) is 9.59 Å². The standard InChI is InChI=1S/C8H8O3/c1-4-6(9)7(10)5(2)8(4)11-3/h1H2,2-3H3. The Labute approximate surface area is 64.3 Å². The summed E-state index contributed by atoms with van der Waals surface area (Å²) in [6, 6.07) is 0. The van der Waals surface area contributed by atoms with Gasteiger partial charge in [-0.15, -0.1) is 0 Å². The molecule has 0 bridgehead atoms. The van der Waals surface area contributed by atoms with Crippen LogP contribution in [0.1, 0.15) is 6.92 Å². The van der Waals surface area contributed by atoms with E-state index in [1.165, 1.54) is 7.11 Å². The number of carbonyl (C=O) groups is 2. The van der Waals surface area contributed by atoms with E-state index in [0.29, 0.717) is 11.3 Å². The number of methoxy groups -OCH3 is 1. The van der Waals surface area contributed by atoms with Gasteiger partial charge in [0.1, 0.15) is 5.76 Å². The Kier molecular flexibility index (Phi) is 1.64. The Morgan fingerprint density at radius 2 is 1.82 bits per heavy atom. The van der Waals surface area contributed by atoms with Gasteiger partial charge >= 0.3 is 0 Å². The highest BCUT2D eigenvalue weighted by Gasteiger charge is 2.32. The molecule has 11 heavy (non-hydrogen) atoms. The van der Waals surface area contributed by atoms with E-state index in [2.05, 4.69) is 6.58 Å². The summed E-state index contributed by atoms with van der Waals surface area (Å²) in [6.45, 7) is 4.99. The Bertz CT molecular complexity index is 284. The van der Waals surface area contributed by atoms with E-state index >= 15 is 0 Å². The molecule has 0 aromatic rings. The minimum atomic E-state index is -0.556. The summed E-state index contributed by atoms with van der Waals surface area (Å²) in [5, 5.41) is 0. The summed E-state index contributed by atoms with van der Waals surface area (Å²) in [6.07, 6.45) is 0. The molecule has 0 saturated heterocycles. The molecular formula is C8H8O3. The number of ether oxygens (including phenoxy) is 1. The molecule has 0 aliphatic heterocycles. The van der Waals surface area contributed by atoms with Crippen LogP contribution in [0.4, 0.5) is 0 Å². The number of hydrogen-bond donors (Lipinski definition) is 0. The summed E-state index contributed by atoms with van der Waals surface area (Å²) in [7, 11) is 1.41. The lowest BCUT2D eigenvalue weighted by atomic mass is 10.2. The second kappa shape index (κ2) is 2.34. The smallest absolute Gasteiger partial charge is 0.236 e. The third-order valence-electron chi connectivity index (χ3n) is 1.64. The number of ketones is 2. The van der Waals surface area contributed by atoms with Crippen molar-refractivity contribution in [1.82, 2.24) is 0 Å². The van der Waals surface area contributed by atoms with Gasteiger partial charge in [0.15, 0.2) is 0 Å². The van der Waals surface area contributed by atoms with Crippen LogP contribution in [0.15, 0.2) is 23.5 Å². The molecule has 0 amide bonds. The predicted molar refractivity (Wildman–Crippen MR) is 38.9 cm³/mol. The number of allylic oxidation sites excluding steroid dienone is 2. The Balaban J connectivity index is 3.18. The van der Waals surface area contributed by atoms with E-state index in [0.717, 1.165) is 0 Å². The van der Waals surface area contributed by atoms with E-state index < -0.39 is 11.6 Å².